The van der Waals surface area contributed by atoms with Gasteiger partial charge in [-0.3, -0.25) is 4.79 Å². The quantitative estimate of drug-likeness (QED) is 0.837. The number of carbonyl (C=O) groups excluding carboxylic acids is 1. The summed E-state index contributed by atoms with van der Waals surface area (Å²) < 4.78 is 5.00. The minimum absolute atomic E-state index is 0.0548. The van der Waals surface area contributed by atoms with Gasteiger partial charge >= 0.3 is 0 Å². The average Bonchev–Trinajstić information content (AvgIpc) is 2.58. The summed E-state index contributed by atoms with van der Waals surface area (Å²) in [5.74, 6) is 0.603. The molecule has 1 amide bonds. The molecule has 0 aliphatic carbocycles. The third-order valence-corrected chi connectivity index (χ3v) is 2.46. The number of aromatic nitrogens is 1. The number of nitrogens with two attached hydrogens (primary N) is 1. The van der Waals surface area contributed by atoms with Crippen LogP contribution < -0.4 is 11.1 Å². The molecule has 5 nitrogen and oxygen atoms in total. The Hall–Kier alpha value is -1.36. The van der Waals surface area contributed by atoms with Crippen LogP contribution in [-0.2, 0) is 11.3 Å². The molecule has 1 heterocycles. The molecule has 5 heteroatoms. The van der Waals surface area contributed by atoms with Gasteiger partial charge in [0.05, 0.1) is 12.2 Å². The number of carbonyl (C=O) groups is 1. The molecule has 18 heavy (non-hydrogen) atoms. The summed E-state index contributed by atoms with van der Waals surface area (Å²) in [7, 11) is 0. The first-order valence-electron chi connectivity index (χ1n) is 6.21. The minimum atomic E-state index is -0.110. The van der Waals surface area contributed by atoms with Crippen LogP contribution in [0, 0.1) is 12.3 Å². The second-order valence-electron chi connectivity index (χ2n) is 5.94. The second kappa shape index (κ2) is 6.00. The maximum atomic E-state index is 11.7. The predicted molar refractivity (Wildman–Crippen MR) is 69.8 cm³/mol. The Morgan fingerprint density at radius 2 is 2.22 bits per heavy atom. The number of hydrogen-bond acceptors (Lipinski definition) is 4. The molecule has 102 valence electrons. The molecule has 0 bridgehead atoms. The molecular weight excluding hydrogens is 230 g/mol. The van der Waals surface area contributed by atoms with Crippen LogP contribution in [0.5, 0.6) is 0 Å². The van der Waals surface area contributed by atoms with Crippen molar-refractivity contribution in [2.45, 2.75) is 53.1 Å². The van der Waals surface area contributed by atoms with Gasteiger partial charge in [-0.2, -0.15) is 0 Å². The summed E-state index contributed by atoms with van der Waals surface area (Å²) >= 11 is 0. The first-order chi connectivity index (χ1) is 8.26. The third kappa shape index (κ3) is 5.82. The monoisotopic (exact) mass is 253 g/mol. The number of amides is 1. The van der Waals surface area contributed by atoms with Crippen LogP contribution in [0.25, 0.3) is 0 Å². The van der Waals surface area contributed by atoms with E-state index in [0.29, 0.717) is 18.7 Å². The van der Waals surface area contributed by atoms with Crippen LogP contribution in [0.2, 0.25) is 0 Å². The zero-order valence-corrected chi connectivity index (χ0v) is 11.6. The first-order valence-corrected chi connectivity index (χ1v) is 6.21. The standard InChI is InChI=1S/C13H23N3O2/c1-9-5-11(18-16-9)8-15-12(17)6-10(14)7-13(2,3)4/h5,10H,6-8,14H2,1-4H3,(H,15,17). The van der Waals surface area contributed by atoms with Gasteiger partial charge < -0.3 is 15.6 Å². The Labute approximate surface area is 108 Å². The van der Waals surface area contributed by atoms with Crippen LogP contribution in [0.4, 0.5) is 0 Å². The smallest absolute Gasteiger partial charge is 0.221 e. The molecule has 0 saturated carbocycles. The molecule has 0 aliphatic heterocycles. The van der Waals surface area contributed by atoms with E-state index in [1.807, 2.05) is 6.92 Å². The van der Waals surface area contributed by atoms with Gasteiger partial charge in [-0.1, -0.05) is 25.9 Å². The summed E-state index contributed by atoms with van der Waals surface area (Å²) in [5, 5.41) is 6.53. The predicted octanol–water partition coefficient (Wildman–Crippen LogP) is 1.75. The van der Waals surface area contributed by atoms with E-state index in [1.165, 1.54) is 0 Å². The molecule has 3 N–H and O–H groups in total. The lowest BCUT2D eigenvalue weighted by Gasteiger charge is -2.22. The summed E-state index contributed by atoms with van der Waals surface area (Å²) in [6, 6.07) is 1.69. The fourth-order valence-corrected chi connectivity index (χ4v) is 1.85. The van der Waals surface area contributed by atoms with Crippen molar-refractivity contribution >= 4 is 5.91 Å². The van der Waals surface area contributed by atoms with Crippen molar-refractivity contribution in [3.63, 3.8) is 0 Å². The van der Waals surface area contributed by atoms with Gasteiger partial charge in [-0.25, -0.2) is 0 Å². The van der Waals surface area contributed by atoms with Crippen molar-refractivity contribution < 1.29 is 9.32 Å². The molecule has 1 aromatic heterocycles. The van der Waals surface area contributed by atoms with E-state index in [0.717, 1.165) is 12.1 Å². The van der Waals surface area contributed by atoms with E-state index >= 15 is 0 Å². The van der Waals surface area contributed by atoms with Gasteiger partial charge in [0, 0.05) is 18.5 Å². The molecule has 0 spiro atoms. The number of nitrogens with one attached hydrogen (secondary N) is 1. The van der Waals surface area contributed by atoms with Gasteiger partial charge in [0.1, 0.15) is 0 Å². The topological polar surface area (TPSA) is 81.2 Å². The highest BCUT2D eigenvalue weighted by Gasteiger charge is 2.18. The molecule has 0 saturated heterocycles. The summed E-state index contributed by atoms with van der Waals surface area (Å²) in [6.45, 7) is 8.54. The van der Waals surface area contributed by atoms with E-state index in [9.17, 15) is 4.79 Å². The van der Waals surface area contributed by atoms with Crippen LogP contribution in [-0.4, -0.2) is 17.1 Å². The van der Waals surface area contributed by atoms with E-state index < -0.39 is 0 Å². The molecule has 0 aliphatic rings. The van der Waals surface area contributed by atoms with Crippen molar-refractivity contribution in [1.82, 2.24) is 10.5 Å². The Morgan fingerprint density at radius 3 is 2.72 bits per heavy atom. The lowest BCUT2D eigenvalue weighted by molar-refractivity contribution is -0.121. The summed E-state index contributed by atoms with van der Waals surface area (Å²) in [6.07, 6.45) is 1.16. The highest BCUT2D eigenvalue weighted by atomic mass is 16.5. The average molecular weight is 253 g/mol. The molecule has 1 unspecified atom stereocenters. The highest BCUT2D eigenvalue weighted by molar-refractivity contribution is 5.76. The van der Waals surface area contributed by atoms with Crippen LogP contribution in [0.1, 0.15) is 45.1 Å². The molecular formula is C13H23N3O2. The number of aryl methyl sites for hydroxylation is 1. The fourth-order valence-electron chi connectivity index (χ4n) is 1.85. The van der Waals surface area contributed by atoms with Crippen molar-refractivity contribution in [2.75, 3.05) is 0 Å². The molecule has 1 aromatic rings. The summed E-state index contributed by atoms with van der Waals surface area (Å²) in [4.78, 5) is 11.7. The Balaban J connectivity index is 2.29. The zero-order valence-electron chi connectivity index (χ0n) is 11.6. The lowest BCUT2D eigenvalue weighted by atomic mass is 9.87. The van der Waals surface area contributed by atoms with E-state index in [4.69, 9.17) is 10.3 Å². The molecule has 1 atom stereocenters. The largest absolute Gasteiger partial charge is 0.359 e. The molecule has 0 aromatic carbocycles. The minimum Gasteiger partial charge on any atom is -0.359 e. The Morgan fingerprint density at radius 1 is 1.56 bits per heavy atom. The normalized spacial score (nSPS) is 13.4. The van der Waals surface area contributed by atoms with Crippen molar-refractivity contribution in [1.29, 1.82) is 0 Å². The Kier molecular flexibility index (Phi) is 4.90. The third-order valence-electron chi connectivity index (χ3n) is 2.46. The van der Waals surface area contributed by atoms with Gasteiger partial charge in [-0.05, 0) is 18.8 Å². The second-order valence-corrected chi connectivity index (χ2v) is 5.94. The van der Waals surface area contributed by atoms with Crippen LogP contribution in [0.3, 0.4) is 0 Å². The Bertz CT molecular complexity index is 393. The van der Waals surface area contributed by atoms with Crippen LogP contribution >= 0.6 is 0 Å². The van der Waals surface area contributed by atoms with Crippen LogP contribution in [0.15, 0.2) is 10.6 Å². The summed E-state index contributed by atoms with van der Waals surface area (Å²) in [5.41, 5.74) is 6.89. The number of nitrogens with zero attached hydrogens (tertiary/aromatic N) is 1. The fraction of sp³-hybridized carbons (Fsp3) is 0.692. The van der Waals surface area contributed by atoms with Gasteiger partial charge in [0.25, 0.3) is 0 Å². The van der Waals surface area contributed by atoms with Crippen molar-refractivity contribution in [3.8, 4) is 0 Å². The first kappa shape index (κ1) is 14.7. The number of hydrogen-bond donors (Lipinski definition) is 2. The number of rotatable bonds is 5. The van der Waals surface area contributed by atoms with E-state index in [1.54, 1.807) is 6.07 Å². The SMILES string of the molecule is Cc1cc(CNC(=O)CC(N)CC(C)(C)C)on1. The van der Waals surface area contributed by atoms with Crippen molar-refractivity contribution in [3.05, 3.63) is 17.5 Å². The maximum Gasteiger partial charge on any atom is 0.221 e. The zero-order chi connectivity index (χ0) is 13.8. The van der Waals surface area contributed by atoms with Gasteiger partial charge in [0.2, 0.25) is 5.91 Å². The van der Waals surface area contributed by atoms with Gasteiger partial charge in [-0.15, -0.1) is 0 Å². The van der Waals surface area contributed by atoms with Gasteiger partial charge in [0.15, 0.2) is 5.76 Å². The molecule has 0 radical (unpaired) electrons. The lowest BCUT2D eigenvalue weighted by Crippen LogP contribution is -2.33. The van der Waals surface area contributed by atoms with E-state index in [-0.39, 0.29) is 17.4 Å². The van der Waals surface area contributed by atoms with Crippen molar-refractivity contribution in [2.24, 2.45) is 11.1 Å². The molecule has 0 fully saturated rings. The van der Waals surface area contributed by atoms with E-state index in [2.05, 4.69) is 31.2 Å². The maximum absolute atomic E-state index is 11.7. The highest BCUT2D eigenvalue weighted by Crippen LogP contribution is 2.20. The molecule has 1 rings (SSSR count).